The van der Waals surface area contributed by atoms with Gasteiger partial charge in [-0.1, -0.05) is 0 Å². The van der Waals surface area contributed by atoms with Crippen molar-refractivity contribution in [2.45, 2.75) is 26.3 Å². The highest BCUT2D eigenvalue weighted by atomic mass is 16.3. The number of aryl methyl sites for hydroxylation is 2. The van der Waals surface area contributed by atoms with Crippen LogP contribution in [0.15, 0.2) is 33.5 Å². The molecule has 7 heteroatoms. The van der Waals surface area contributed by atoms with Crippen molar-refractivity contribution in [3.8, 4) is 0 Å². The van der Waals surface area contributed by atoms with Crippen molar-refractivity contribution in [1.29, 1.82) is 0 Å². The Hall–Kier alpha value is -2.41. The molecule has 7 nitrogen and oxygen atoms in total. The van der Waals surface area contributed by atoms with Gasteiger partial charge >= 0.3 is 0 Å². The Labute approximate surface area is 146 Å². The van der Waals surface area contributed by atoms with Gasteiger partial charge in [0.1, 0.15) is 17.2 Å². The number of likely N-dealkylation sites (tertiary alicyclic amines) is 1. The smallest absolute Gasteiger partial charge is 0.271 e. The van der Waals surface area contributed by atoms with Gasteiger partial charge in [0.2, 0.25) is 0 Å². The maximum Gasteiger partial charge on any atom is 0.271 e. The van der Waals surface area contributed by atoms with Crippen molar-refractivity contribution < 1.29 is 9.21 Å². The van der Waals surface area contributed by atoms with E-state index in [4.69, 9.17) is 4.42 Å². The molecule has 3 heterocycles. The maximum absolute atomic E-state index is 12.1. The zero-order valence-electron chi connectivity index (χ0n) is 14.7. The number of aromatic nitrogens is 2. The highest BCUT2D eigenvalue weighted by Crippen LogP contribution is 2.19. The van der Waals surface area contributed by atoms with Crippen LogP contribution in [0.1, 0.15) is 34.9 Å². The summed E-state index contributed by atoms with van der Waals surface area (Å²) in [7, 11) is 1.54. The van der Waals surface area contributed by atoms with Crippen molar-refractivity contribution in [1.82, 2.24) is 20.0 Å². The monoisotopic (exact) mass is 344 g/mol. The second kappa shape index (κ2) is 7.65. The molecule has 0 atom stereocenters. The van der Waals surface area contributed by atoms with Gasteiger partial charge in [-0.05, 0) is 57.0 Å². The topological polar surface area (TPSA) is 80.4 Å². The first-order valence-electron chi connectivity index (χ1n) is 8.61. The third-order valence-electron chi connectivity index (χ3n) is 4.63. The molecule has 1 fully saturated rings. The van der Waals surface area contributed by atoms with Crippen molar-refractivity contribution in [2.75, 3.05) is 19.6 Å². The summed E-state index contributed by atoms with van der Waals surface area (Å²) in [5, 5.41) is 6.90. The Morgan fingerprint density at radius 1 is 1.28 bits per heavy atom. The summed E-state index contributed by atoms with van der Waals surface area (Å²) in [5.74, 6) is 2.18. The minimum atomic E-state index is -0.232. The van der Waals surface area contributed by atoms with Crippen molar-refractivity contribution in [3.05, 3.63) is 51.8 Å². The van der Waals surface area contributed by atoms with Gasteiger partial charge < -0.3 is 9.73 Å². The lowest BCUT2D eigenvalue weighted by Gasteiger charge is -2.31. The molecule has 2 aromatic heterocycles. The van der Waals surface area contributed by atoms with Crippen LogP contribution in [0, 0.1) is 12.8 Å². The van der Waals surface area contributed by atoms with Crippen molar-refractivity contribution >= 4 is 5.91 Å². The van der Waals surface area contributed by atoms with Crippen LogP contribution in [0.5, 0.6) is 0 Å². The summed E-state index contributed by atoms with van der Waals surface area (Å²) in [6, 6.07) is 6.84. The highest BCUT2D eigenvalue weighted by molar-refractivity contribution is 5.91. The number of rotatable bonds is 5. The van der Waals surface area contributed by atoms with E-state index < -0.39 is 0 Å². The van der Waals surface area contributed by atoms with Crippen LogP contribution in [0.2, 0.25) is 0 Å². The SMILES string of the molecule is Cc1ccc(CN2CCC(CNC(=O)c3ccc(=O)n(C)n3)CC2)o1. The molecule has 134 valence electrons. The van der Waals surface area contributed by atoms with Gasteiger partial charge in [-0.15, -0.1) is 0 Å². The third-order valence-corrected chi connectivity index (χ3v) is 4.63. The molecule has 1 N–H and O–H groups in total. The van der Waals surface area contributed by atoms with Gasteiger partial charge in [0.05, 0.1) is 6.54 Å². The molecule has 1 aliphatic heterocycles. The molecule has 1 aliphatic rings. The first-order chi connectivity index (χ1) is 12.0. The molecule has 0 saturated carbocycles. The van der Waals surface area contributed by atoms with E-state index in [0.29, 0.717) is 12.5 Å². The molecule has 0 radical (unpaired) electrons. The number of hydrogen-bond acceptors (Lipinski definition) is 5. The molecule has 3 rings (SSSR count). The predicted molar refractivity (Wildman–Crippen MR) is 93.3 cm³/mol. The molecule has 25 heavy (non-hydrogen) atoms. The lowest BCUT2D eigenvalue weighted by atomic mass is 9.96. The molecule has 0 aliphatic carbocycles. The summed E-state index contributed by atoms with van der Waals surface area (Å²) in [6.45, 7) is 5.43. The zero-order valence-corrected chi connectivity index (χ0v) is 14.7. The van der Waals surface area contributed by atoms with Crippen LogP contribution in [0.3, 0.4) is 0 Å². The lowest BCUT2D eigenvalue weighted by molar-refractivity contribution is 0.0927. The number of carbonyl (C=O) groups excluding carboxylic acids is 1. The second-order valence-corrected chi connectivity index (χ2v) is 6.62. The van der Waals surface area contributed by atoms with Crippen LogP contribution in [-0.2, 0) is 13.6 Å². The standard InChI is InChI=1S/C18H24N4O3/c1-13-3-4-15(25-13)12-22-9-7-14(8-10-22)11-19-18(24)16-5-6-17(23)21(2)20-16/h3-6,14H,7-12H2,1-2H3,(H,19,24). The van der Waals surface area contributed by atoms with Gasteiger partial charge in [0.15, 0.2) is 0 Å². The van der Waals surface area contributed by atoms with E-state index >= 15 is 0 Å². The summed E-state index contributed by atoms with van der Waals surface area (Å²) in [4.78, 5) is 25.8. The van der Waals surface area contributed by atoms with Gasteiger partial charge in [0, 0.05) is 19.7 Å². The highest BCUT2D eigenvalue weighted by Gasteiger charge is 2.21. The molecule has 0 bridgehead atoms. The minimum Gasteiger partial charge on any atom is -0.465 e. The fourth-order valence-electron chi connectivity index (χ4n) is 3.09. The average molecular weight is 344 g/mol. The summed E-state index contributed by atoms with van der Waals surface area (Å²) in [5.41, 5.74) is 0.0448. The molecule has 2 aromatic rings. The van der Waals surface area contributed by atoms with E-state index in [2.05, 4.69) is 15.3 Å². The molecular formula is C18H24N4O3. The van der Waals surface area contributed by atoms with E-state index in [9.17, 15) is 9.59 Å². The quantitative estimate of drug-likeness (QED) is 0.885. The Kier molecular flexibility index (Phi) is 5.33. The number of carbonyl (C=O) groups is 1. The van der Waals surface area contributed by atoms with E-state index in [-0.39, 0.29) is 17.2 Å². The van der Waals surface area contributed by atoms with E-state index in [1.807, 2.05) is 19.1 Å². The Morgan fingerprint density at radius 2 is 2.04 bits per heavy atom. The van der Waals surface area contributed by atoms with Crippen molar-refractivity contribution in [2.24, 2.45) is 13.0 Å². The van der Waals surface area contributed by atoms with Gasteiger partial charge in [-0.3, -0.25) is 14.5 Å². The number of hydrogen-bond donors (Lipinski definition) is 1. The van der Waals surface area contributed by atoms with Gasteiger partial charge in [0.25, 0.3) is 11.5 Å². The van der Waals surface area contributed by atoms with Crippen LogP contribution in [0.4, 0.5) is 0 Å². The van der Waals surface area contributed by atoms with Crippen molar-refractivity contribution in [3.63, 3.8) is 0 Å². The molecule has 1 saturated heterocycles. The van der Waals surface area contributed by atoms with Gasteiger partial charge in [-0.25, -0.2) is 4.68 Å². The first-order valence-corrected chi connectivity index (χ1v) is 8.61. The predicted octanol–water partition coefficient (Wildman–Crippen LogP) is 1.32. The van der Waals surface area contributed by atoms with E-state index in [0.717, 1.165) is 44.0 Å². The molecule has 0 spiro atoms. The summed E-state index contributed by atoms with van der Waals surface area (Å²) >= 11 is 0. The lowest BCUT2D eigenvalue weighted by Crippen LogP contribution is -2.38. The summed E-state index contributed by atoms with van der Waals surface area (Å²) in [6.07, 6.45) is 2.08. The molecular weight excluding hydrogens is 320 g/mol. The third kappa shape index (κ3) is 4.57. The van der Waals surface area contributed by atoms with Crippen LogP contribution in [0.25, 0.3) is 0 Å². The Bertz CT molecular complexity index is 788. The Balaban J connectivity index is 1.43. The maximum atomic E-state index is 12.1. The fourth-order valence-corrected chi connectivity index (χ4v) is 3.09. The fraction of sp³-hybridized carbons (Fsp3) is 0.500. The number of piperidine rings is 1. The molecule has 1 amide bonds. The van der Waals surface area contributed by atoms with Gasteiger partial charge in [-0.2, -0.15) is 5.10 Å². The Morgan fingerprint density at radius 3 is 2.68 bits per heavy atom. The largest absolute Gasteiger partial charge is 0.465 e. The van der Waals surface area contributed by atoms with Crippen LogP contribution in [-0.4, -0.2) is 40.2 Å². The molecule has 0 unspecified atom stereocenters. The molecule has 0 aromatic carbocycles. The summed E-state index contributed by atoms with van der Waals surface area (Å²) < 4.78 is 6.80. The minimum absolute atomic E-state index is 0.226. The number of nitrogens with one attached hydrogen (secondary N) is 1. The average Bonchev–Trinajstić information content (AvgIpc) is 3.01. The number of furan rings is 1. The number of nitrogens with zero attached hydrogens (tertiary/aromatic N) is 3. The first kappa shape index (κ1) is 17.4. The normalized spacial score (nSPS) is 16.1. The zero-order chi connectivity index (χ0) is 17.8. The second-order valence-electron chi connectivity index (χ2n) is 6.62. The van der Waals surface area contributed by atoms with E-state index in [1.54, 1.807) is 0 Å². The number of amides is 1. The van der Waals surface area contributed by atoms with Crippen LogP contribution < -0.4 is 10.9 Å². The van der Waals surface area contributed by atoms with E-state index in [1.165, 1.54) is 23.9 Å². The van der Waals surface area contributed by atoms with Crippen LogP contribution >= 0.6 is 0 Å².